The minimum absolute atomic E-state index is 0.354. The molecule has 0 aromatic heterocycles. The van der Waals surface area contributed by atoms with E-state index >= 15 is 0 Å². The van der Waals surface area contributed by atoms with Crippen LogP contribution in [0, 0.1) is 0 Å². The molecule has 0 bridgehead atoms. The van der Waals surface area contributed by atoms with Crippen LogP contribution in [-0.4, -0.2) is 5.11 Å². The predicted molar refractivity (Wildman–Crippen MR) is 57.6 cm³/mol. The first kappa shape index (κ1) is 8.27. The van der Waals surface area contributed by atoms with Gasteiger partial charge in [0.25, 0.3) is 0 Å². The molecule has 1 aliphatic carbocycles. The van der Waals surface area contributed by atoms with Crippen molar-refractivity contribution in [2.45, 2.75) is 12.5 Å². The molecule has 1 atom stereocenters. The van der Waals surface area contributed by atoms with E-state index in [1.54, 1.807) is 0 Å². The molecule has 2 heteroatoms. The maximum atomic E-state index is 9.81. The first-order chi connectivity index (χ1) is 6.77. The fraction of sp³-hybridized carbons (Fsp3) is 0.167. The standard InChI is InChI=1S/C12H9ClO/c13-10-5-4-7-6-11(14)9-3-1-2-8(10)12(7)9/h1-5,11,14H,6H2. The van der Waals surface area contributed by atoms with Crippen LogP contribution in [0.3, 0.4) is 0 Å². The quantitative estimate of drug-likeness (QED) is 0.699. The van der Waals surface area contributed by atoms with Crippen LogP contribution in [0.5, 0.6) is 0 Å². The Morgan fingerprint density at radius 2 is 2.07 bits per heavy atom. The normalized spacial score (nSPS) is 19.1. The second-order valence-electron chi connectivity index (χ2n) is 3.70. The highest BCUT2D eigenvalue weighted by molar-refractivity contribution is 6.35. The fourth-order valence-electron chi connectivity index (χ4n) is 2.24. The van der Waals surface area contributed by atoms with Gasteiger partial charge in [-0.25, -0.2) is 0 Å². The lowest BCUT2D eigenvalue weighted by Gasteiger charge is -2.03. The zero-order chi connectivity index (χ0) is 9.71. The van der Waals surface area contributed by atoms with Crippen molar-refractivity contribution in [3.8, 4) is 0 Å². The van der Waals surface area contributed by atoms with Gasteiger partial charge in [0, 0.05) is 16.8 Å². The van der Waals surface area contributed by atoms with Gasteiger partial charge in [0.15, 0.2) is 0 Å². The Kier molecular flexibility index (Phi) is 1.61. The third-order valence-electron chi connectivity index (χ3n) is 2.88. The summed E-state index contributed by atoms with van der Waals surface area (Å²) in [5.74, 6) is 0. The molecule has 0 spiro atoms. The molecule has 2 aromatic rings. The Morgan fingerprint density at radius 1 is 1.21 bits per heavy atom. The van der Waals surface area contributed by atoms with Crippen molar-refractivity contribution in [3.05, 3.63) is 46.5 Å². The van der Waals surface area contributed by atoms with Crippen LogP contribution in [0.4, 0.5) is 0 Å². The average Bonchev–Trinajstić information content (AvgIpc) is 2.52. The maximum absolute atomic E-state index is 9.81. The Hall–Kier alpha value is -1.05. The Balaban J connectivity index is 2.52. The van der Waals surface area contributed by atoms with E-state index in [1.807, 2.05) is 30.3 Å². The second-order valence-corrected chi connectivity index (χ2v) is 4.10. The van der Waals surface area contributed by atoms with Crippen molar-refractivity contribution < 1.29 is 5.11 Å². The average molecular weight is 205 g/mol. The van der Waals surface area contributed by atoms with Crippen LogP contribution >= 0.6 is 11.6 Å². The molecule has 70 valence electrons. The van der Waals surface area contributed by atoms with Crippen molar-refractivity contribution in [1.29, 1.82) is 0 Å². The highest BCUT2D eigenvalue weighted by atomic mass is 35.5. The van der Waals surface area contributed by atoms with Crippen molar-refractivity contribution in [2.75, 3.05) is 0 Å². The van der Waals surface area contributed by atoms with E-state index in [2.05, 4.69) is 0 Å². The van der Waals surface area contributed by atoms with E-state index in [0.717, 1.165) is 21.4 Å². The van der Waals surface area contributed by atoms with Gasteiger partial charge in [-0.05, 0) is 22.6 Å². The van der Waals surface area contributed by atoms with Crippen LogP contribution in [-0.2, 0) is 6.42 Å². The van der Waals surface area contributed by atoms with Gasteiger partial charge in [-0.15, -0.1) is 0 Å². The predicted octanol–water partition coefficient (Wildman–Crippen LogP) is 3.08. The number of halogens is 1. The van der Waals surface area contributed by atoms with Crippen molar-refractivity contribution >= 4 is 22.4 Å². The SMILES string of the molecule is OC1Cc2ccc(Cl)c3cccc1c23. The summed E-state index contributed by atoms with van der Waals surface area (Å²) >= 11 is 6.09. The molecule has 0 heterocycles. The molecule has 0 radical (unpaired) electrons. The highest BCUT2D eigenvalue weighted by Crippen LogP contribution is 2.39. The second kappa shape index (κ2) is 2.72. The summed E-state index contributed by atoms with van der Waals surface area (Å²) in [4.78, 5) is 0. The van der Waals surface area contributed by atoms with Gasteiger partial charge in [-0.3, -0.25) is 0 Å². The van der Waals surface area contributed by atoms with Crippen LogP contribution in [0.1, 0.15) is 17.2 Å². The minimum atomic E-state index is -0.354. The third-order valence-corrected chi connectivity index (χ3v) is 3.21. The lowest BCUT2D eigenvalue weighted by atomic mass is 10.1. The summed E-state index contributed by atoms with van der Waals surface area (Å²) < 4.78 is 0. The van der Waals surface area contributed by atoms with Gasteiger partial charge in [0.1, 0.15) is 0 Å². The maximum Gasteiger partial charge on any atom is 0.0836 e. The van der Waals surface area contributed by atoms with Gasteiger partial charge in [-0.1, -0.05) is 35.9 Å². The van der Waals surface area contributed by atoms with Crippen molar-refractivity contribution in [3.63, 3.8) is 0 Å². The molecule has 0 saturated carbocycles. The number of rotatable bonds is 0. The van der Waals surface area contributed by atoms with Gasteiger partial charge in [0.2, 0.25) is 0 Å². The molecule has 2 aromatic carbocycles. The molecule has 14 heavy (non-hydrogen) atoms. The van der Waals surface area contributed by atoms with E-state index < -0.39 is 0 Å². The summed E-state index contributed by atoms with van der Waals surface area (Å²) in [5, 5.41) is 12.8. The number of hydrogen-bond donors (Lipinski definition) is 1. The third kappa shape index (κ3) is 0.941. The summed E-state index contributed by atoms with van der Waals surface area (Å²) in [6.07, 6.45) is 0.361. The van der Waals surface area contributed by atoms with Crippen LogP contribution in [0.2, 0.25) is 5.02 Å². The number of benzene rings is 2. The van der Waals surface area contributed by atoms with Gasteiger partial charge >= 0.3 is 0 Å². The van der Waals surface area contributed by atoms with E-state index in [0.29, 0.717) is 6.42 Å². The topological polar surface area (TPSA) is 20.2 Å². The highest BCUT2D eigenvalue weighted by Gasteiger charge is 2.22. The zero-order valence-electron chi connectivity index (χ0n) is 7.50. The molecule has 1 aliphatic rings. The van der Waals surface area contributed by atoms with Gasteiger partial charge < -0.3 is 5.11 Å². The van der Waals surface area contributed by atoms with E-state index in [-0.39, 0.29) is 6.10 Å². The first-order valence-corrected chi connectivity index (χ1v) is 5.03. The number of hydrogen-bond acceptors (Lipinski definition) is 1. The lowest BCUT2D eigenvalue weighted by molar-refractivity contribution is 0.185. The Morgan fingerprint density at radius 3 is 2.93 bits per heavy atom. The first-order valence-electron chi connectivity index (χ1n) is 4.65. The van der Waals surface area contributed by atoms with Crippen LogP contribution in [0.25, 0.3) is 10.8 Å². The monoisotopic (exact) mass is 204 g/mol. The van der Waals surface area contributed by atoms with Crippen molar-refractivity contribution in [2.24, 2.45) is 0 Å². The van der Waals surface area contributed by atoms with E-state index in [1.165, 1.54) is 5.56 Å². The molecule has 0 amide bonds. The van der Waals surface area contributed by atoms with Crippen molar-refractivity contribution in [1.82, 2.24) is 0 Å². The smallest absolute Gasteiger partial charge is 0.0836 e. The Labute approximate surface area is 86.9 Å². The number of aliphatic hydroxyl groups is 1. The molecule has 1 nitrogen and oxygen atoms in total. The molecular formula is C12H9ClO. The zero-order valence-corrected chi connectivity index (χ0v) is 8.25. The summed E-state index contributed by atoms with van der Waals surface area (Å²) in [5.41, 5.74) is 2.22. The lowest BCUT2D eigenvalue weighted by Crippen LogP contribution is -1.91. The molecular weight excluding hydrogens is 196 g/mol. The molecule has 3 rings (SSSR count). The number of aliphatic hydroxyl groups excluding tert-OH is 1. The molecule has 0 fully saturated rings. The van der Waals surface area contributed by atoms with E-state index in [4.69, 9.17) is 11.6 Å². The summed E-state index contributed by atoms with van der Waals surface area (Å²) in [7, 11) is 0. The Bertz CT molecular complexity index is 519. The molecule has 0 aliphatic heterocycles. The summed E-state index contributed by atoms with van der Waals surface area (Å²) in [6.45, 7) is 0. The fourth-order valence-corrected chi connectivity index (χ4v) is 2.46. The molecule has 1 unspecified atom stereocenters. The molecule has 1 N–H and O–H groups in total. The minimum Gasteiger partial charge on any atom is -0.388 e. The summed E-state index contributed by atoms with van der Waals surface area (Å²) in [6, 6.07) is 9.83. The van der Waals surface area contributed by atoms with E-state index in [9.17, 15) is 5.11 Å². The van der Waals surface area contributed by atoms with Crippen LogP contribution in [0.15, 0.2) is 30.3 Å². The molecule has 0 saturated heterocycles. The van der Waals surface area contributed by atoms with Crippen LogP contribution < -0.4 is 0 Å². The largest absolute Gasteiger partial charge is 0.388 e. The van der Waals surface area contributed by atoms with Gasteiger partial charge in [0.05, 0.1) is 6.10 Å². The van der Waals surface area contributed by atoms with Gasteiger partial charge in [-0.2, -0.15) is 0 Å².